The number of nitrogens with zero attached hydrogens (tertiary/aromatic N) is 1. The van der Waals surface area contributed by atoms with Crippen molar-refractivity contribution < 1.29 is 14.3 Å². The Kier molecular flexibility index (Phi) is 6.54. The van der Waals surface area contributed by atoms with Crippen molar-refractivity contribution in [2.24, 2.45) is 0 Å². The maximum Gasteiger partial charge on any atom is 0.240 e. The summed E-state index contributed by atoms with van der Waals surface area (Å²) in [5.41, 5.74) is 2.24. The van der Waals surface area contributed by atoms with E-state index in [4.69, 9.17) is 9.47 Å². The predicted octanol–water partition coefficient (Wildman–Crippen LogP) is 4.41. The fraction of sp³-hybridized carbons (Fsp3) is 0.522. The summed E-state index contributed by atoms with van der Waals surface area (Å²) in [6.45, 7) is 9.06. The molecule has 0 spiro atoms. The SMILES string of the molecule is CCC(C)(C)N[C@@H](C)C(=O)N1CCc2cc(OC)c(OC)cc2[C@@H]1c1cccs1. The van der Waals surface area contributed by atoms with Gasteiger partial charge in [0.15, 0.2) is 11.5 Å². The summed E-state index contributed by atoms with van der Waals surface area (Å²) in [4.78, 5) is 16.7. The van der Waals surface area contributed by atoms with Gasteiger partial charge in [0, 0.05) is 17.0 Å². The van der Waals surface area contributed by atoms with E-state index in [0.717, 1.165) is 29.0 Å². The molecule has 1 aromatic carbocycles. The summed E-state index contributed by atoms with van der Waals surface area (Å²) in [6, 6.07) is 7.87. The van der Waals surface area contributed by atoms with Crippen LogP contribution < -0.4 is 14.8 Å². The van der Waals surface area contributed by atoms with Gasteiger partial charge in [-0.3, -0.25) is 4.79 Å². The molecular formula is C23H32N2O3S. The van der Waals surface area contributed by atoms with Crippen LogP contribution in [0.2, 0.25) is 0 Å². The van der Waals surface area contributed by atoms with Gasteiger partial charge >= 0.3 is 0 Å². The van der Waals surface area contributed by atoms with Gasteiger partial charge < -0.3 is 19.7 Å². The van der Waals surface area contributed by atoms with Crippen molar-refractivity contribution in [2.45, 2.75) is 58.2 Å². The van der Waals surface area contributed by atoms with Gasteiger partial charge in [-0.2, -0.15) is 0 Å². The topological polar surface area (TPSA) is 50.8 Å². The summed E-state index contributed by atoms with van der Waals surface area (Å²) < 4.78 is 11.0. The molecule has 1 aromatic heterocycles. The number of benzene rings is 1. The smallest absolute Gasteiger partial charge is 0.240 e. The lowest BCUT2D eigenvalue weighted by molar-refractivity contribution is -0.135. The number of hydrogen-bond acceptors (Lipinski definition) is 5. The Morgan fingerprint density at radius 3 is 2.59 bits per heavy atom. The fourth-order valence-corrected chi connectivity index (χ4v) is 4.79. The molecule has 0 fully saturated rings. The van der Waals surface area contributed by atoms with Crippen LogP contribution in [0.1, 0.15) is 56.2 Å². The Labute approximate surface area is 178 Å². The average Bonchev–Trinajstić information content (AvgIpc) is 3.25. The first kappa shape index (κ1) is 21.7. The van der Waals surface area contributed by atoms with Crippen molar-refractivity contribution in [1.82, 2.24) is 10.2 Å². The van der Waals surface area contributed by atoms with Crippen LogP contribution in [0.3, 0.4) is 0 Å². The molecule has 1 aliphatic rings. The van der Waals surface area contributed by atoms with Gasteiger partial charge in [0.25, 0.3) is 0 Å². The van der Waals surface area contributed by atoms with Gasteiger partial charge in [-0.05, 0) is 68.3 Å². The molecule has 0 aliphatic carbocycles. The van der Waals surface area contributed by atoms with Crippen LogP contribution in [-0.4, -0.2) is 43.2 Å². The van der Waals surface area contributed by atoms with E-state index >= 15 is 0 Å². The Morgan fingerprint density at radius 2 is 2.00 bits per heavy atom. The molecule has 0 saturated heterocycles. The third kappa shape index (κ3) is 4.43. The molecule has 0 unspecified atom stereocenters. The molecule has 1 amide bonds. The molecule has 0 radical (unpaired) electrons. The maximum atomic E-state index is 13.5. The molecule has 29 heavy (non-hydrogen) atoms. The number of ether oxygens (including phenoxy) is 2. The lowest BCUT2D eigenvalue weighted by atomic mass is 9.90. The highest BCUT2D eigenvalue weighted by Gasteiger charge is 2.36. The standard InChI is InChI=1S/C23H32N2O3S/c1-7-23(3,4)24-15(2)22(26)25-11-10-16-13-18(27-5)19(28-6)14-17(16)21(25)20-9-8-12-29-20/h8-9,12-15,21,24H,7,10-11H2,1-6H3/t15-,21+/m0/s1. The van der Waals surface area contributed by atoms with E-state index in [1.807, 2.05) is 24.0 Å². The Morgan fingerprint density at radius 1 is 1.31 bits per heavy atom. The number of hydrogen-bond donors (Lipinski definition) is 1. The van der Waals surface area contributed by atoms with Crippen molar-refractivity contribution >= 4 is 17.2 Å². The molecular weight excluding hydrogens is 384 g/mol. The van der Waals surface area contributed by atoms with Gasteiger partial charge in [-0.1, -0.05) is 13.0 Å². The minimum Gasteiger partial charge on any atom is -0.493 e. The summed E-state index contributed by atoms with van der Waals surface area (Å²) in [5, 5.41) is 5.57. The van der Waals surface area contributed by atoms with Crippen LogP contribution in [0.25, 0.3) is 0 Å². The van der Waals surface area contributed by atoms with Crippen molar-refractivity contribution in [3.63, 3.8) is 0 Å². The van der Waals surface area contributed by atoms with Crippen LogP contribution in [-0.2, 0) is 11.2 Å². The van der Waals surface area contributed by atoms with Gasteiger partial charge in [0.05, 0.1) is 26.3 Å². The summed E-state index contributed by atoms with van der Waals surface area (Å²) in [7, 11) is 3.30. The predicted molar refractivity (Wildman–Crippen MR) is 118 cm³/mol. The second-order valence-corrected chi connectivity index (χ2v) is 9.19. The third-order valence-electron chi connectivity index (χ3n) is 5.83. The summed E-state index contributed by atoms with van der Waals surface area (Å²) in [5.74, 6) is 1.56. The quantitative estimate of drug-likeness (QED) is 0.727. The number of methoxy groups -OCH3 is 2. The Balaban J connectivity index is 2.00. The molecule has 2 aromatic rings. The first-order valence-electron chi connectivity index (χ1n) is 10.2. The van der Waals surface area contributed by atoms with Gasteiger partial charge in [-0.15, -0.1) is 11.3 Å². The largest absolute Gasteiger partial charge is 0.493 e. The minimum atomic E-state index is -0.255. The van der Waals surface area contributed by atoms with Crippen molar-refractivity contribution in [1.29, 1.82) is 0 Å². The molecule has 1 N–H and O–H groups in total. The average molecular weight is 417 g/mol. The molecule has 2 heterocycles. The molecule has 0 saturated carbocycles. The third-order valence-corrected chi connectivity index (χ3v) is 6.76. The first-order valence-corrected chi connectivity index (χ1v) is 11.1. The second kappa shape index (κ2) is 8.76. The highest BCUT2D eigenvalue weighted by molar-refractivity contribution is 7.10. The van der Waals surface area contributed by atoms with Crippen LogP contribution in [0, 0.1) is 0 Å². The lowest BCUT2D eigenvalue weighted by Gasteiger charge is -2.40. The van der Waals surface area contributed by atoms with E-state index in [1.54, 1.807) is 25.6 Å². The maximum absolute atomic E-state index is 13.5. The second-order valence-electron chi connectivity index (χ2n) is 8.21. The monoisotopic (exact) mass is 416 g/mol. The number of carbonyl (C=O) groups excluding carboxylic acids is 1. The zero-order chi connectivity index (χ0) is 21.2. The van der Waals surface area contributed by atoms with E-state index in [-0.39, 0.29) is 23.5 Å². The number of fused-ring (bicyclic) bond motifs is 1. The molecule has 1 aliphatic heterocycles. The van der Waals surface area contributed by atoms with Crippen molar-refractivity contribution in [2.75, 3.05) is 20.8 Å². The molecule has 0 bridgehead atoms. The van der Waals surface area contributed by atoms with E-state index in [0.29, 0.717) is 12.3 Å². The van der Waals surface area contributed by atoms with Crippen molar-refractivity contribution in [3.8, 4) is 11.5 Å². The molecule has 2 atom stereocenters. The van der Waals surface area contributed by atoms with E-state index in [2.05, 4.69) is 43.6 Å². The van der Waals surface area contributed by atoms with Gasteiger partial charge in [-0.25, -0.2) is 0 Å². The Bertz CT molecular complexity index is 848. The molecule has 6 heteroatoms. The number of amides is 1. The lowest BCUT2D eigenvalue weighted by Crippen LogP contribution is -2.54. The molecule has 158 valence electrons. The van der Waals surface area contributed by atoms with E-state index < -0.39 is 0 Å². The highest BCUT2D eigenvalue weighted by atomic mass is 32.1. The summed E-state index contributed by atoms with van der Waals surface area (Å²) >= 11 is 1.68. The van der Waals surface area contributed by atoms with Gasteiger partial charge in [0.1, 0.15) is 0 Å². The number of nitrogens with one attached hydrogen (secondary N) is 1. The van der Waals surface area contributed by atoms with Crippen LogP contribution in [0.4, 0.5) is 0 Å². The van der Waals surface area contributed by atoms with E-state index in [1.165, 1.54) is 5.56 Å². The normalized spacial score (nSPS) is 17.6. The van der Waals surface area contributed by atoms with Crippen LogP contribution in [0.15, 0.2) is 29.6 Å². The summed E-state index contributed by atoms with van der Waals surface area (Å²) in [6.07, 6.45) is 1.76. The highest BCUT2D eigenvalue weighted by Crippen LogP contribution is 2.42. The fourth-order valence-electron chi connectivity index (χ4n) is 3.94. The molecule has 5 nitrogen and oxygen atoms in total. The molecule has 3 rings (SSSR count). The zero-order valence-corrected chi connectivity index (χ0v) is 19.1. The Hall–Kier alpha value is -2.05. The number of rotatable bonds is 7. The van der Waals surface area contributed by atoms with Crippen LogP contribution in [0.5, 0.6) is 11.5 Å². The van der Waals surface area contributed by atoms with Crippen LogP contribution >= 0.6 is 11.3 Å². The first-order chi connectivity index (χ1) is 13.8. The number of thiophene rings is 1. The minimum absolute atomic E-state index is 0.0855. The van der Waals surface area contributed by atoms with Gasteiger partial charge in [0.2, 0.25) is 5.91 Å². The van der Waals surface area contributed by atoms with Crippen molar-refractivity contribution in [3.05, 3.63) is 45.6 Å². The zero-order valence-electron chi connectivity index (χ0n) is 18.2. The van der Waals surface area contributed by atoms with E-state index in [9.17, 15) is 4.79 Å². The number of carbonyl (C=O) groups is 1.